The number of methoxy groups -OCH3 is 1. The first-order valence-corrected chi connectivity index (χ1v) is 6.48. The number of carbonyl (C=O) groups is 2. The molecule has 0 aliphatic rings. The minimum Gasteiger partial charge on any atom is -0.481 e. The lowest BCUT2D eigenvalue weighted by Crippen LogP contribution is -2.32. The average Bonchev–Trinajstić information content (AvgIpc) is 2.28. The summed E-state index contributed by atoms with van der Waals surface area (Å²) in [5.41, 5.74) is 0. The van der Waals surface area contributed by atoms with Gasteiger partial charge in [0.25, 0.3) is 0 Å². The first kappa shape index (κ1) is 16.9. The second-order valence-corrected chi connectivity index (χ2v) is 4.74. The molecule has 2 N–H and O–H groups in total. The molecule has 0 aliphatic carbocycles. The van der Waals surface area contributed by atoms with Crippen molar-refractivity contribution in [1.82, 2.24) is 5.32 Å². The van der Waals surface area contributed by atoms with Crippen molar-refractivity contribution in [1.29, 1.82) is 0 Å². The van der Waals surface area contributed by atoms with Crippen LogP contribution < -0.4 is 5.32 Å². The summed E-state index contributed by atoms with van der Waals surface area (Å²) in [6, 6.07) is 0.0982. The highest BCUT2D eigenvalue weighted by Crippen LogP contribution is 2.09. The zero-order chi connectivity index (χ0) is 14.0. The van der Waals surface area contributed by atoms with Gasteiger partial charge >= 0.3 is 5.97 Å². The van der Waals surface area contributed by atoms with Crippen molar-refractivity contribution in [2.75, 3.05) is 13.7 Å². The van der Waals surface area contributed by atoms with E-state index in [1.54, 1.807) is 14.0 Å². The largest absolute Gasteiger partial charge is 0.481 e. The maximum atomic E-state index is 11.5. The van der Waals surface area contributed by atoms with E-state index < -0.39 is 5.97 Å². The zero-order valence-corrected chi connectivity index (χ0v) is 11.6. The predicted octanol–water partition coefficient (Wildman–Crippen LogP) is 1.81. The molecule has 0 aromatic rings. The fourth-order valence-corrected chi connectivity index (χ4v) is 1.65. The molecule has 0 heterocycles. The third-order valence-electron chi connectivity index (χ3n) is 2.86. The lowest BCUT2D eigenvalue weighted by atomic mass is 10.0. The second-order valence-electron chi connectivity index (χ2n) is 4.74. The van der Waals surface area contributed by atoms with E-state index in [1.165, 1.54) is 0 Å². The molecule has 18 heavy (non-hydrogen) atoms. The molecule has 0 saturated carbocycles. The van der Waals surface area contributed by atoms with Crippen LogP contribution in [0.3, 0.4) is 0 Å². The molecule has 1 amide bonds. The van der Waals surface area contributed by atoms with Gasteiger partial charge in [-0.3, -0.25) is 9.59 Å². The molecule has 0 saturated heterocycles. The number of carboxylic acid groups (broad SMARTS) is 1. The van der Waals surface area contributed by atoms with Crippen molar-refractivity contribution in [3.05, 3.63) is 0 Å². The number of carboxylic acids is 1. The monoisotopic (exact) mass is 259 g/mol. The van der Waals surface area contributed by atoms with Crippen LogP contribution in [-0.4, -0.2) is 36.7 Å². The minimum absolute atomic E-state index is 0.0332. The van der Waals surface area contributed by atoms with Gasteiger partial charge in [0.1, 0.15) is 0 Å². The van der Waals surface area contributed by atoms with E-state index in [4.69, 9.17) is 9.84 Å². The number of rotatable bonds is 10. The summed E-state index contributed by atoms with van der Waals surface area (Å²) in [5.74, 6) is -1.04. The zero-order valence-electron chi connectivity index (χ0n) is 11.6. The van der Waals surface area contributed by atoms with Crippen LogP contribution in [0.5, 0.6) is 0 Å². The van der Waals surface area contributed by atoms with Gasteiger partial charge in [-0.2, -0.15) is 0 Å². The summed E-state index contributed by atoms with van der Waals surface area (Å²) in [4.78, 5) is 22.1. The van der Waals surface area contributed by atoms with Crippen LogP contribution in [-0.2, 0) is 14.3 Å². The Labute approximate surface area is 109 Å². The van der Waals surface area contributed by atoms with Gasteiger partial charge in [0.05, 0.1) is 5.92 Å². The quantitative estimate of drug-likeness (QED) is 0.587. The number of hydrogen-bond acceptors (Lipinski definition) is 3. The molecule has 5 heteroatoms. The fourth-order valence-electron chi connectivity index (χ4n) is 1.65. The molecule has 106 valence electrons. The van der Waals surface area contributed by atoms with Crippen molar-refractivity contribution in [2.24, 2.45) is 5.92 Å². The molecule has 0 aliphatic heterocycles. The van der Waals surface area contributed by atoms with Gasteiger partial charge < -0.3 is 15.2 Å². The van der Waals surface area contributed by atoms with Crippen molar-refractivity contribution >= 4 is 11.9 Å². The molecule has 2 atom stereocenters. The lowest BCUT2D eigenvalue weighted by Gasteiger charge is -2.14. The first-order valence-electron chi connectivity index (χ1n) is 6.48. The molecule has 0 fully saturated rings. The molecule has 0 bridgehead atoms. The van der Waals surface area contributed by atoms with Gasteiger partial charge in [0, 0.05) is 26.2 Å². The van der Waals surface area contributed by atoms with Crippen molar-refractivity contribution < 1.29 is 19.4 Å². The Morgan fingerprint density at radius 3 is 2.44 bits per heavy atom. The standard InChI is InChI=1S/C13H25NO4/c1-10(13(16)17)6-4-7-11(2)14-12(15)8-5-9-18-3/h10-11H,4-9H2,1-3H3,(H,14,15)(H,16,17). The van der Waals surface area contributed by atoms with Gasteiger partial charge in [-0.25, -0.2) is 0 Å². The van der Waals surface area contributed by atoms with E-state index in [0.717, 1.165) is 19.3 Å². The summed E-state index contributed by atoms with van der Waals surface area (Å²) < 4.78 is 4.88. The number of hydrogen-bond donors (Lipinski definition) is 2. The summed E-state index contributed by atoms with van der Waals surface area (Å²) in [6.45, 7) is 4.24. The number of aliphatic carboxylic acids is 1. The van der Waals surface area contributed by atoms with Crippen LogP contribution in [0.1, 0.15) is 46.0 Å². The van der Waals surface area contributed by atoms with E-state index in [2.05, 4.69) is 5.32 Å². The predicted molar refractivity (Wildman–Crippen MR) is 69.4 cm³/mol. The normalized spacial score (nSPS) is 13.9. The number of carbonyl (C=O) groups excluding carboxylic acids is 1. The molecule has 0 aromatic heterocycles. The van der Waals surface area contributed by atoms with Crippen LogP contribution in [0.2, 0.25) is 0 Å². The Morgan fingerprint density at radius 1 is 1.22 bits per heavy atom. The average molecular weight is 259 g/mol. The van der Waals surface area contributed by atoms with Gasteiger partial charge in [-0.1, -0.05) is 13.3 Å². The third-order valence-corrected chi connectivity index (χ3v) is 2.86. The highest BCUT2D eigenvalue weighted by atomic mass is 16.5. The van der Waals surface area contributed by atoms with Crippen LogP contribution >= 0.6 is 0 Å². The number of ether oxygens (including phenoxy) is 1. The van der Waals surface area contributed by atoms with Gasteiger partial charge in [0.15, 0.2) is 0 Å². The topological polar surface area (TPSA) is 75.6 Å². The first-order chi connectivity index (χ1) is 8.47. The van der Waals surface area contributed by atoms with E-state index in [1.807, 2.05) is 6.92 Å². The molecule has 0 radical (unpaired) electrons. The molecule has 2 unspecified atom stereocenters. The van der Waals surface area contributed by atoms with Crippen molar-refractivity contribution in [3.63, 3.8) is 0 Å². The summed E-state index contributed by atoms with van der Waals surface area (Å²) in [5, 5.41) is 11.6. The highest BCUT2D eigenvalue weighted by molar-refractivity contribution is 5.76. The summed E-state index contributed by atoms with van der Waals surface area (Å²) >= 11 is 0. The number of nitrogens with one attached hydrogen (secondary N) is 1. The van der Waals surface area contributed by atoms with Gasteiger partial charge in [-0.15, -0.1) is 0 Å². The Morgan fingerprint density at radius 2 is 1.89 bits per heavy atom. The van der Waals surface area contributed by atoms with Crippen molar-refractivity contribution in [2.45, 2.75) is 52.0 Å². The van der Waals surface area contributed by atoms with E-state index in [9.17, 15) is 9.59 Å². The van der Waals surface area contributed by atoms with Gasteiger partial charge in [0.2, 0.25) is 5.91 Å². The maximum absolute atomic E-state index is 11.5. The molecule has 0 spiro atoms. The van der Waals surface area contributed by atoms with Crippen LogP contribution in [0.4, 0.5) is 0 Å². The summed E-state index contributed by atoms with van der Waals surface area (Å²) in [7, 11) is 1.62. The second kappa shape index (κ2) is 9.88. The molecule has 0 rings (SSSR count). The molecule has 0 aromatic carbocycles. The van der Waals surface area contributed by atoms with Gasteiger partial charge in [-0.05, 0) is 26.2 Å². The Hall–Kier alpha value is -1.10. The highest BCUT2D eigenvalue weighted by Gasteiger charge is 2.12. The Kier molecular flexibility index (Phi) is 9.28. The summed E-state index contributed by atoms with van der Waals surface area (Å²) in [6.07, 6.45) is 3.48. The smallest absolute Gasteiger partial charge is 0.306 e. The SMILES string of the molecule is COCCCC(=O)NC(C)CCCC(C)C(=O)O. The lowest BCUT2D eigenvalue weighted by molar-refractivity contribution is -0.141. The van der Waals surface area contributed by atoms with Crippen molar-refractivity contribution in [3.8, 4) is 0 Å². The van der Waals surface area contributed by atoms with Crippen LogP contribution in [0.15, 0.2) is 0 Å². The Balaban J connectivity index is 3.61. The Bertz CT molecular complexity index is 255. The maximum Gasteiger partial charge on any atom is 0.306 e. The minimum atomic E-state index is -0.758. The van der Waals surface area contributed by atoms with E-state index in [-0.39, 0.29) is 17.9 Å². The number of amides is 1. The third kappa shape index (κ3) is 8.98. The van der Waals surface area contributed by atoms with E-state index in [0.29, 0.717) is 19.4 Å². The fraction of sp³-hybridized carbons (Fsp3) is 0.846. The molecule has 5 nitrogen and oxygen atoms in total. The molecular weight excluding hydrogens is 234 g/mol. The molecular formula is C13H25NO4. The van der Waals surface area contributed by atoms with E-state index >= 15 is 0 Å². The van der Waals surface area contributed by atoms with Crippen LogP contribution in [0, 0.1) is 5.92 Å². The van der Waals surface area contributed by atoms with Crippen LogP contribution in [0.25, 0.3) is 0 Å².